The minimum atomic E-state index is -0.430. The lowest BCUT2D eigenvalue weighted by Gasteiger charge is -2.16. The van der Waals surface area contributed by atoms with Gasteiger partial charge in [0.15, 0.2) is 11.5 Å². The molecule has 0 saturated carbocycles. The van der Waals surface area contributed by atoms with Gasteiger partial charge in [0.25, 0.3) is 0 Å². The number of benzene rings is 3. The van der Waals surface area contributed by atoms with Crippen molar-refractivity contribution in [3.63, 3.8) is 0 Å². The van der Waals surface area contributed by atoms with Gasteiger partial charge in [-0.15, -0.1) is 0 Å². The molecule has 5 aromatic rings. The molecule has 2 heterocycles. The number of aromatic nitrogens is 4. The maximum atomic E-state index is 13.9. The molecule has 11 heteroatoms. The number of nitrogens with two attached hydrogens (primary N) is 1. The van der Waals surface area contributed by atoms with Gasteiger partial charge in [0.05, 0.1) is 11.4 Å². The van der Waals surface area contributed by atoms with Gasteiger partial charge in [-0.1, -0.05) is 18.2 Å². The zero-order valence-electron chi connectivity index (χ0n) is 21.8. The molecule has 40 heavy (non-hydrogen) atoms. The summed E-state index contributed by atoms with van der Waals surface area (Å²) >= 11 is 0. The first-order valence-electron chi connectivity index (χ1n) is 12.3. The van der Waals surface area contributed by atoms with E-state index in [-0.39, 0.29) is 11.7 Å². The summed E-state index contributed by atoms with van der Waals surface area (Å²) in [7, 11) is 3.45. The van der Waals surface area contributed by atoms with Crippen LogP contribution in [0.1, 0.15) is 0 Å². The van der Waals surface area contributed by atoms with E-state index in [2.05, 4.69) is 15.3 Å². The van der Waals surface area contributed by atoms with Crippen LogP contribution < -0.4 is 26.4 Å². The molecule has 0 saturated heterocycles. The van der Waals surface area contributed by atoms with E-state index in [9.17, 15) is 14.0 Å². The van der Waals surface area contributed by atoms with Crippen LogP contribution in [0.25, 0.3) is 22.5 Å². The number of anilines is 2. The Hall–Kier alpha value is -5.29. The zero-order chi connectivity index (χ0) is 28.2. The van der Waals surface area contributed by atoms with Crippen molar-refractivity contribution in [3.8, 4) is 22.9 Å². The molecule has 10 nitrogen and oxygen atoms in total. The molecule has 0 aliphatic carbocycles. The molecular formula is C29H26FN7O3. The van der Waals surface area contributed by atoms with Gasteiger partial charge in [-0.25, -0.2) is 23.7 Å². The minimum Gasteiger partial charge on any atom is -0.457 e. The molecule has 0 bridgehead atoms. The van der Waals surface area contributed by atoms with Crippen molar-refractivity contribution >= 4 is 28.6 Å². The second kappa shape index (κ2) is 11.2. The molecule has 1 amide bonds. The number of amides is 1. The number of carbonyl (C=O) groups excluding carboxylic acids is 1. The highest BCUT2D eigenvalue weighted by Crippen LogP contribution is 2.27. The van der Waals surface area contributed by atoms with Crippen LogP contribution in [0.4, 0.5) is 15.9 Å². The normalized spacial score (nSPS) is 11.3. The molecule has 0 unspecified atom stereocenters. The fraction of sp³-hybridized carbons (Fsp3) is 0.103. The van der Waals surface area contributed by atoms with E-state index in [1.807, 2.05) is 0 Å². The van der Waals surface area contributed by atoms with Crippen molar-refractivity contribution in [2.24, 2.45) is 0 Å². The standard InChI is InChI=1S/C29H26FN7O3/c1-32-15-5-10-25(38)35(2)21-7-4-8-22(17-21)37-28-26(27(31)33-18-34-28)36(29(37)39)20-11-13-23(14-12-20)40-24-9-3-6-19(30)16-24/h3-14,16-18,32H,15H2,1-2H3,(H2,31,33,34)/b10-5+. The van der Waals surface area contributed by atoms with Crippen molar-refractivity contribution in [2.45, 2.75) is 0 Å². The first-order valence-corrected chi connectivity index (χ1v) is 12.3. The Kier molecular flexibility index (Phi) is 7.38. The molecule has 202 valence electrons. The summed E-state index contributed by atoms with van der Waals surface area (Å²) in [5.74, 6) is 0.307. The second-order valence-corrected chi connectivity index (χ2v) is 8.82. The van der Waals surface area contributed by atoms with Crippen LogP contribution in [0, 0.1) is 5.82 Å². The highest BCUT2D eigenvalue weighted by molar-refractivity contribution is 6.01. The van der Waals surface area contributed by atoms with Gasteiger partial charge in [-0.05, 0) is 61.6 Å². The fourth-order valence-electron chi connectivity index (χ4n) is 4.21. The van der Waals surface area contributed by atoms with Crippen LogP contribution in [0.5, 0.6) is 11.5 Å². The highest BCUT2D eigenvalue weighted by atomic mass is 19.1. The number of rotatable bonds is 8. The van der Waals surface area contributed by atoms with Gasteiger partial charge in [-0.3, -0.25) is 9.36 Å². The van der Waals surface area contributed by atoms with Crippen LogP contribution in [0.15, 0.2) is 96.1 Å². The van der Waals surface area contributed by atoms with Gasteiger partial charge in [0, 0.05) is 31.4 Å². The van der Waals surface area contributed by atoms with E-state index in [0.717, 1.165) is 0 Å². The number of likely N-dealkylation sites (N-methyl/N-ethyl adjacent to an activating group) is 2. The maximum absolute atomic E-state index is 13.9. The van der Waals surface area contributed by atoms with E-state index in [1.54, 1.807) is 80.8 Å². The lowest BCUT2D eigenvalue weighted by atomic mass is 10.2. The van der Waals surface area contributed by atoms with Crippen LogP contribution in [0.2, 0.25) is 0 Å². The topological polar surface area (TPSA) is 120 Å². The van der Waals surface area contributed by atoms with Crippen LogP contribution in [0.3, 0.4) is 0 Å². The van der Waals surface area contributed by atoms with Gasteiger partial charge in [0.1, 0.15) is 29.2 Å². The van der Waals surface area contributed by atoms with Gasteiger partial charge < -0.3 is 20.7 Å². The fourth-order valence-corrected chi connectivity index (χ4v) is 4.21. The third kappa shape index (κ3) is 5.18. The van der Waals surface area contributed by atoms with Crippen molar-refractivity contribution in [1.82, 2.24) is 24.4 Å². The molecule has 3 N–H and O–H groups in total. The summed E-state index contributed by atoms with van der Waals surface area (Å²) < 4.78 is 22.1. The molecule has 0 radical (unpaired) electrons. The lowest BCUT2D eigenvalue weighted by Crippen LogP contribution is -2.25. The Bertz CT molecular complexity index is 1780. The summed E-state index contributed by atoms with van der Waals surface area (Å²) in [4.78, 5) is 36.4. The smallest absolute Gasteiger partial charge is 0.339 e. The SMILES string of the molecule is CNC/C=C/C(=O)N(C)c1cccc(-n2c(=O)n(-c3ccc(Oc4cccc(F)c4)cc3)c3c(N)ncnc32)c1. The van der Waals surface area contributed by atoms with Gasteiger partial charge in [-0.2, -0.15) is 0 Å². The number of carbonyl (C=O) groups is 1. The van der Waals surface area contributed by atoms with E-state index < -0.39 is 11.5 Å². The molecule has 0 aliphatic heterocycles. The number of nitrogens with one attached hydrogen (secondary N) is 1. The highest BCUT2D eigenvalue weighted by Gasteiger charge is 2.21. The Morgan fingerprint density at radius 3 is 2.55 bits per heavy atom. The number of imidazole rings is 1. The van der Waals surface area contributed by atoms with Crippen molar-refractivity contribution in [3.05, 3.63) is 108 Å². The maximum Gasteiger partial charge on any atom is 0.339 e. The average molecular weight is 540 g/mol. The van der Waals surface area contributed by atoms with Crippen LogP contribution in [-0.4, -0.2) is 45.6 Å². The Labute approximate surface area is 228 Å². The Morgan fingerprint density at radius 1 is 1.02 bits per heavy atom. The zero-order valence-corrected chi connectivity index (χ0v) is 21.8. The van der Waals surface area contributed by atoms with Crippen LogP contribution in [-0.2, 0) is 4.79 Å². The number of ether oxygens (including phenoxy) is 1. The molecule has 2 aromatic heterocycles. The van der Waals surface area contributed by atoms with Crippen LogP contribution >= 0.6 is 0 Å². The summed E-state index contributed by atoms with van der Waals surface area (Å²) in [6, 6.07) is 19.5. The quantitative estimate of drug-likeness (QED) is 0.288. The first-order chi connectivity index (χ1) is 19.4. The summed E-state index contributed by atoms with van der Waals surface area (Å²) in [6.45, 7) is 0.563. The van der Waals surface area contributed by atoms with Gasteiger partial charge >= 0.3 is 5.69 Å². The second-order valence-electron chi connectivity index (χ2n) is 8.82. The number of hydrogen-bond acceptors (Lipinski definition) is 7. The van der Waals surface area contributed by atoms with Crippen molar-refractivity contribution in [2.75, 3.05) is 31.3 Å². The number of halogens is 1. The molecule has 0 aliphatic rings. The average Bonchev–Trinajstić information content (AvgIpc) is 3.26. The monoisotopic (exact) mass is 539 g/mol. The Balaban J connectivity index is 1.55. The van der Waals surface area contributed by atoms with Crippen molar-refractivity contribution < 1.29 is 13.9 Å². The molecule has 0 fully saturated rings. The number of nitrogens with zero attached hydrogens (tertiary/aromatic N) is 5. The summed E-state index contributed by atoms with van der Waals surface area (Å²) in [5.41, 5.74) is 8.01. The third-order valence-corrected chi connectivity index (χ3v) is 6.16. The number of hydrogen-bond donors (Lipinski definition) is 2. The molecule has 0 spiro atoms. The Morgan fingerprint density at radius 2 is 1.80 bits per heavy atom. The van der Waals surface area contributed by atoms with E-state index in [0.29, 0.717) is 46.3 Å². The lowest BCUT2D eigenvalue weighted by molar-refractivity contribution is -0.113. The predicted octanol–water partition coefficient (Wildman–Crippen LogP) is 3.82. The molecule has 3 aromatic carbocycles. The summed E-state index contributed by atoms with van der Waals surface area (Å²) in [6.07, 6.45) is 4.51. The number of nitrogen functional groups attached to an aromatic ring is 1. The number of fused-ring (bicyclic) bond motifs is 1. The minimum absolute atomic E-state index is 0.124. The summed E-state index contributed by atoms with van der Waals surface area (Å²) in [5, 5.41) is 2.95. The first kappa shape index (κ1) is 26.3. The predicted molar refractivity (Wildman–Crippen MR) is 152 cm³/mol. The largest absolute Gasteiger partial charge is 0.457 e. The molecular weight excluding hydrogens is 513 g/mol. The van der Waals surface area contributed by atoms with Crippen molar-refractivity contribution in [1.29, 1.82) is 0 Å². The molecule has 0 atom stereocenters. The molecule has 5 rings (SSSR count). The third-order valence-electron chi connectivity index (χ3n) is 6.16. The van der Waals surface area contributed by atoms with E-state index >= 15 is 0 Å². The van der Waals surface area contributed by atoms with E-state index in [4.69, 9.17) is 10.5 Å². The van der Waals surface area contributed by atoms with Gasteiger partial charge in [0.2, 0.25) is 5.91 Å². The van der Waals surface area contributed by atoms with E-state index in [1.165, 1.54) is 38.6 Å².